The van der Waals surface area contributed by atoms with E-state index in [-0.39, 0.29) is 18.1 Å². The van der Waals surface area contributed by atoms with Gasteiger partial charge in [0.2, 0.25) is 0 Å². The number of nitrogens with zero attached hydrogens (tertiary/aromatic N) is 2. The van der Waals surface area contributed by atoms with Crippen LogP contribution in [0.1, 0.15) is 22.5 Å². The van der Waals surface area contributed by atoms with Gasteiger partial charge in [0, 0.05) is 37.0 Å². The van der Waals surface area contributed by atoms with Crippen LogP contribution in [0.15, 0.2) is 54.9 Å². The lowest BCUT2D eigenvalue weighted by atomic mass is 10.1. The molecule has 0 aliphatic carbocycles. The van der Waals surface area contributed by atoms with Gasteiger partial charge in [-0.2, -0.15) is 0 Å². The molecule has 1 aromatic carbocycles. The molecule has 3 aromatic rings. The number of hydrogen-bond donors (Lipinski definition) is 1. The number of carbonyl (C=O) groups excluding carboxylic acids is 1. The van der Waals surface area contributed by atoms with Gasteiger partial charge in [-0.15, -0.1) is 0 Å². The molecule has 0 saturated carbocycles. The smallest absolute Gasteiger partial charge is 0.253 e. The Bertz CT molecular complexity index is 923. The second-order valence-electron chi connectivity index (χ2n) is 6.78. The van der Waals surface area contributed by atoms with Gasteiger partial charge >= 0.3 is 0 Å². The quantitative estimate of drug-likeness (QED) is 0.755. The van der Waals surface area contributed by atoms with Gasteiger partial charge in [0.15, 0.2) is 0 Å². The average molecular weight is 365 g/mol. The SMILES string of the molecule is Cn1cc(C(=O)N[C@@H]2COCC[C@@H]2OCc2ccccn2)c2ccccc21. The maximum absolute atomic E-state index is 12.9. The molecule has 2 atom stereocenters. The molecule has 3 heterocycles. The van der Waals surface area contributed by atoms with Crippen molar-refractivity contribution in [1.82, 2.24) is 14.9 Å². The largest absolute Gasteiger partial charge is 0.379 e. The summed E-state index contributed by atoms with van der Waals surface area (Å²) in [5, 5.41) is 4.05. The zero-order valence-electron chi connectivity index (χ0n) is 15.3. The van der Waals surface area contributed by atoms with E-state index in [4.69, 9.17) is 9.47 Å². The van der Waals surface area contributed by atoms with Gasteiger partial charge in [0.1, 0.15) is 0 Å². The summed E-state index contributed by atoms with van der Waals surface area (Å²) >= 11 is 0. The summed E-state index contributed by atoms with van der Waals surface area (Å²) in [7, 11) is 1.95. The van der Waals surface area contributed by atoms with E-state index in [0.29, 0.717) is 25.4 Å². The topological polar surface area (TPSA) is 65.4 Å². The summed E-state index contributed by atoms with van der Waals surface area (Å²) < 4.78 is 13.6. The summed E-state index contributed by atoms with van der Waals surface area (Å²) in [6.45, 7) is 1.50. The van der Waals surface area contributed by atoms with Gasteiger partial charge in [-0.3, -0.25) is 9.78 Å². The van der Waals surface area contributed by atoms with Gasteiger partial charge in [-0.25, -0.2) is 0 Å². The van der Waals surface area contributed by atoms with E-state index in [9.17, 15) is 4.79 Å². The molecule has 27 heavy (non-hydrogen) atoms. The molecule has 0 bridgehead atoms. The Hall–Kier alpha value is -2.70. The van der Waals surface area contributed by atoms with Gasteiger partial charge in [0.05, 0.1) is 36.6 Å². The number of para-hydroxylation sites is 1. The van der Waals surface area contributed by atoms with Crippen molar-refractivity contribution in [2.75, 3.05) is 13.2 Å². The van der Waals surface area contributed by atoms with Crippen molar-refractivity contribution in [3.8, 4) is 0 Å². The average Bonchev–Trinajstić information content (AvgIpc) is 3.05. The molecule has 0 unspecified atom stereocenters. The number of fused-ring (bicyclic) bond motifs is 1. The summed E-state index contributed by atoms with van der Waals surface area (Å²) in [6, 6.07) is 13.5. The predicted molar refractivity (Wildman–Crippen MR) is 102 cm³/mol. The highest BCUT2D eigenvalue weighted by Crippen LogP contribution is 2.21. The Kier molecular flexibility index (Phi) is 5.18. The number of carbonyl (C=O) groups is 1. The van der Waals surface area contributed by atoms with Crippen LogP contribution in [0, 0.1) is 0 Å². The molecule has 140 valence electrons. The molecule has 1 aliphatic rings. The maximum Gasteiger partial charge on any atom is 0.253 e. The molecule has 0 radical (unpaired) electrons. The summed E-state index contributed by atoms with van der Waals surface area (Å²) in [5.41, 5.74) is 2.58. The van der Waals surface area contributed by atoms with Crippen molar-refractivity contribution < 1.29 is 14.3 Å². The van der Waals surface area contributed by atoms with E-state index in [2.05, 4.69) is 10.3 Å². The molecule has 2 aromatic heterocycles. The lowest BCUT2D eigenvalue weighted by Gasteiger charge is -2.32. The van der Waals surface area contributed by atoms with E-state index in [1.165, 1.54) is 0 Å². The van der Waals surface area contributed by atoms with Crippen LogP contribution in [0.3, 0.4) is 0 Å². The fourth-order valence-electron chi connectivity index (χ4n) is 3.50. The van der Waals surface area contributed by atoms with Crippen LogP contribution in [-0.4, -0.2) is 40.8 Å². The van der Waals surface area contributed by atoms with Crippen LogP contribution in [-0.2, 0) is 23.1 Å². The minimum atomic E-state index is -0.186. The predicted octanol–water partition coefficient (Wildman–Crippen LogP) is 2.68. The summed E-state index contributed by atoms with van der Waals surface area (Å²) in [6.07, 6.45) is 4.27. The molecule has 1 aliphatic heterocycles. The van der Waals surface area contributed by atoms with Gasteiger partial charge < -0.3 is 19.4 Å². The zero-order chi connectivity index (χ0) is 18.6. The third-order valence-corrected chi connectivity index (χ3v) is 4.92. The molecule has 4 rings (SSSR count). The van der Waals surface area contributed by atoms with Gasteiger partial charge in [-0.05, 0) is 24.6 Å². The first kappa shape index (κ1) is 17.7. The standard InChI is InChI=1S/C21H23N3O3/c1-24-12-17(16-7-2-3-8-19(16)24)21(25)23-18-14-26-11-9-20(18)27-13-15-6-4-5-10-22-15/h2-8,10,12,18,20H,9,11,13-14H2,1H3,(H,23,25)/t18-,20+/m1/s1. The molecular formula is C21H23N3O3. The molecule has 1 N–H and O–H groups in total. The highest BCUT2D eigenvalue weighted by Gasteiger charge is 2.29. The Balaban J connectivity index is 1.46. The Morgan fingerprint density at radius 2 is 2.15 bits per heavy atom. The van der Waals surface area contributed by atoms with Crippen LogP contribution in [0.4, 0.5) is 0 Å². The summed E-state index contributed by atoms with van der Waals surface area (Å²) in [4.78, 5) is 17.2. The molecule has 6 heteroatoms. The van der Waals surface area contributed by atoms with Crippen LogP contribution in [0.2, 0.25) is 0 Å². The lowest BCUT2D eigenvalue weighted by Crippen LogP contribution is -2.50. The molecular weight excluding hydrogens is 342 g/mol. The highest BCUT2D eigenvalue weighted by molar-refractivity contribution is 6.07. The number of aryl methyl sites for hydroxylation is 1. The number of ether oxygens (including phenoxy) is 2. The zero-order valence-corrected chi connectivity index (χ0v) is 15.3. The first-order valence-electron chi connectivity index (χ1n) is 9.16. The minimum absolute atomic E-state index is 0.0975. The molecule has 0 spiro atoms. The first-order valence-corrected chi connectivity index (χ1v) is 9.16. The molecule has 1 saturated heterocycles. The third kappa shape index (κ3) is 3.86. The Morgan fingerprint density at radius 1 is 1.30 bits per heavy atom. The van der Waals surface area contributed by atoms with Crippen LogP contribution < -0.4 is 5.32 Å². The van der Waals surface area contributed by atoms with E-state index >= 15 is 0 Å². The fourth-order valence-corrected chi connectivity index (χ4v) is 3.50. The van der Waals surface area contributed by atoms with Crippen molar-refractivity contribution in [2.24, 2.45) is 7.05 Å². The molecule has 6 nitrogen and oxygen atoms in total. The first-order chi connectivity index (χ1) is 13.2. The van der Waals surface area contributed by atoms with Crippen molar-refractivity contribution >= 4 is 16.8 Å². The highest BCUT2D eigenvalue weighted by atomic mass is 16.5. The monoisotopic (exact) mass is 365 g/mol. The van der Waals surface area contributed by atoms with Crippen LogP contribution in [0.5, 0.6) is 0 Å². The van der Waals surface area contributed by atoms with Gasteiger partial charge in [0.25, 0.3) is 5.91 Å². The van der Waals surface area contributed by atoms with Crippen LogP contribution in [0.25, 0.3) is 10.9 Å². The Morgan fingerprint density at radius 3 is 3.00 bits per heavy atom. The van der Waals surface area contributed by atoms with E-state index in [0.717, 1.165) is 23.0 Å². The van der Waals surface area contributed by atoms with Crippen molar-refractivity contribution in [3.05, 3.63) is 66.1 Å². The van der Waals surface area contributed by atoms with Gasteiger partial charge in [-0.1, -0.05) is 24.3 Å². The summed E-state index contributed by atoms with van der Waals surface area (Å²) in [5.74, 6) is -0.103. The van der Waals surface area contributed by atoms with Crippen molar-refractivity contribution in [1.29, 1.82) is 0 Å². The minimum Gasteiger partial charge on any atom is -0.379 e. The number of rotatable bonds is 5. The fraction of sp³-hybridized carbons (Fsp3) is 0.333. The number of benzene rings is 1. The van der Waals surface area contributed by atoms with Crippen LogP contribution >= 0.6 is 0 Å². The van der Waals surface area contributed by atoms with Crippen molar-refractivity contribution in [3.63, 3.8) is 0 Å². The second kappa shape index (κ2) is 7.90. The molecule has 1 fully saturated rings. The molecule has 1 amide bonds. The third-order valence-electron chi connectivity index (χ3n) is 4.92. The number of nitrogens with one attached hydrogen (secondary N) is 1. The maximum atomic E-state index is 12.9. The second-order valence-corrected chi connectivity index (χ2v) is 6.78. The number of amides is 1. The van der Waals surface area contributed by atoms with E-state index < -0.39 is 0 Å². The van der Waals surface area contributed by atoms with E-state index in [1.54, 1.807) is 6.20 Å². The number of aromatic nitrogens is 2. The lowest BCUT2D eigenvalue weighted by molar-refractivity contribution is -0.0612. The normalized spacial score (nSPS) is 19.9. The van der Waals surface area contributed by atoms with E-state index in [1.807, 2.05) is 60.3 Å². The Labute approximate surface area is 158 Å². The number of pyridine rings is 1. The van der Waals surface area contributed by atoms with Crippen molar-refractivity contribution in [2.45, 2.75) is 25.2 Å². The number of hydrogen-bond acceptors (Lipinski definition) is 4.